The topological polar surface area (TPSA) is 109 Å². The average molecular weight is 425 g/mol. The summed E-state index contributed by atoms with van der Waals surface area (Å²) in [6.45, 7) is 1.72. The molecule has 1 aromatic heterocycles. The number of carbonyl (C=O) groups is 2. The highest BCUT2D eigenvalue weighted by Gasteiger charge is 2.19. The van der Waals surface area contributed by atoms with Gasteiger partial charge in [0.1, 0.15) is 11.5 Å². The molecule has 9 nitrogen and oxygen atoms in total. The van der Waals surface area contributed by atoms with E-state index < -0.39 is 18.5 Å². The monoisotopic (exact) mass is 425 g/mol. The van der Waals surface area contributed by atoms with E-state index in [1.807, 2.05) is 6.92 Å². The summed E-state index contributed by atoms with van der Waals surface area (Å²) in [5.41, 5.74) is 0.0789. The number of esters is 1. The smallest absolute Gasteiger partial charge is 0.359 e. The van der Waals surface area contributed by atoms with E-state index in [2.05, 4.69) is 10.4 Å². The Hall–Kier alpha value is -3.88. The van der Waals surface area contributed by atoms with Gasteiger partial charge in [0.15, 0.2) is 12.3 Å². The number of rotatable bonds is 8. The predicted molar refractivity (Wildman–Crippen MR) is 115 cm³/mol. The van der Waals surface area contributed by atoms with Crippen molar-refractivity contribution < 1.29 is 23.8 Å². The Kier molecular flexibility index (Phi) is 6.86. The van der Waals surface area contributed by atoms with Crippen LogP contribution in [0.2, 0.25) is 0 Å². The molecule has 1 amide bonds. The third kappa shape index (κ3) is 4.82. The van der Waals surface area contributed by atoms with Gasteiger partial charge in [-0.15, -0.1) is 0 Å². The maximum atomic E-state index is 12.7. The highest BCUT2D eigenvalue weighted by atomic mass is 16.5. The summed E-state index contributed by atoms with van der Waals surface area (Å²) in [5.74, 6) is -0.401. The number of aryl methyl sites for hydroxylation is 1. The maximum absolute atomic E-state index is 12.7. The molecule has 162 valence electrons. The van der Waals surface area contributed by atoms with Crippen LogP contribution in [0.1, 0.15) is 23.8 Å². The quantitative estimate of drug-likeness (QED) is 0.553. The number of hydrogen-bond donors (Lipinski definition) is 1. The molecule has 0 saturated carbocycles. The van der Waals surface area contributed by atoms with Crippen LogP contribution in [0.4, 0.5) is 5.69 Å². The van der Waals surface area contributed by atoms with Crippen molar-refractivity contribution in [3.05, 3.63) is 58.5 Å². The minimum absolute atomic E-state index is 0.0181. The van der Waals surface area contributed by atoms with Gasteiger partial charge in [0.2, 0.25) is 0 Å². The first-order chi connectivity index (χ1) is 15.0. The highest BCUT2D eigenvalue weighted by molar-refractivity contribution is 6.03. The lowest BCUT2D eigenvalue weighted by Gasteiger charge is -2.12. The lowest BCUT2D eigenvalue weighted by atomic mass is 10.1. The fraction of sp³-hybridized carbons (Fsp3) is 0.273. The Labute approximate surface area is 178 Å². The van der Waals surface area contributed by atoms with Gasteiger partial charge in [0.05, 0.1) is 25.3 Å². The van der Waals surface area contributed by atoms with E-state index in [9.17, 15) is 14.4 Å². The molecule has 3 rings (SSSR count). The van der Waals surface area contributed by atoms with Gasteiger partial charge in [-0.1, -0.05) is 25.1 Å². The van der Waals surface area contributed by atoms with Gasteiger partial charge >= 0.3 is 5.97 Å². The standard InChI is InChI=1S/C22H23N3O6/c1-4-11-25-21(27)16-8-6-5-7-15(16)20(24-25)22(28)31-13-19(26)23-17-12-14(29-2)9-10-18(17)30-3/h5-10,12H,4,11,13H2,1-3H3,(H,23,26). The van der Waals surface area contributed by atoms with Crippen LogP contribution in [0.15, 0.2) is 47.3 Å². The first kappa shape index (κ1) is 21.8. The molecule has 1 N–H and O–H groups in total. The first-order valence-corrected chi connectivity index (χ1v) is 9.67. The van der Waals surface area contributed by atoms with Crippen molar-refractivity contribution in [3.8, 4) is 11.5 Å². The number of ether oxygens (including phenoxy) is 3. The van der Waals surface area contributed by atoms with Crippen molar-refractivity contribution >= 4 is 28.3 Å². The zero-order chi connectivity index (χ0) is 22.4. The second-order valence-electron chi connectivity index (χ2n) is 6.61. The largest absolute Gasteiger partial charge is 0.497 e. The summed E-state index contributed by atoms with van der Waals surface area (Å²) >= 11 is 0. The molecule has 0 unspecified atom stereocenters. The number of carbonyl (C=O) groups excluding carboxylic acids is 2. The summed E-state index contributed by atoms with van der Waals surface area (Å²) in [6.07, 6.45) is 0.671. The van der Waals surface area contributed by atoms with Crippen molar-refractivity contribution in [3.63, 3.8) is 0 Å². The Balaban J connectivity index is 1.78. The number of fused-ring (bicyclic) bond motifs is 1. The molecule has 0 radical (unpaired) electrons. The summed E-state index contributed by atoms with van der Waals surface area (Å²) in [4.78, 5) is 37.6. The molecule has 9 heteroatoms. The van der Waals surface area contributed by atoms with Crippen molar-refractivity contribution in [2.24, 2.45) is 0 Å². The van der Waals surface area contributed by atoms with E-state index in [0.29, 0.717) is 40.9 Å². The van der Waals surface area contributed by atoms with Crippen LogP contribution >= 0.6 is 0 Å². The second kappa shape index (κ2) is 9.75. The highest BCUT2D eigenvalue weighted by Crippen LogP contribution is 2.28. The molecular weight excluding hydrogens is 402 g/mol. The minimum Gasteiger partial charge on any atom is -0.497 e. The van der Waals surface area contributed by atoms with Crippen LogP contribution in [0.5, 0.6) is 11.5 Å². The van der Waals surface area contributed by atoms with E-state index in [1.165, 1.54) is 18.9 Å². The summed E-state index contributed by atoms with van der Waals surface area (Å²) in [7, 11) is 2.98. The lowest BCUT2D eigenvalue weighted by Crippen LogP contribution is -2.27. The van der Waals surface area contributed by atoms with Gasteiger partial charge < -0.3 is 19.5 Å². The Bertz CT molecular complexity index is 1170. The van der Waals surface area contributed by atoms with Gasteiger partial charge in [0, 0.05) is 18.0 Å². The third-order valence-electron chi connectivity index (χ3n) is 4.51. The Morgan fingerprint density at radius 3 is 2.48 bits per heavy atom. The van der Waals surface area contributed by atoms with Crippen LogP contribution in [0.25, 0.3) is 10.8 Å². The fourth-order valence-corrected chi connectivity index (χ4v) is 3.05. The molecule has 0 aliphatic rings. The Morgan fingerprint density at radius 1 is 1.06 bits per heavy atom. The van der Waals surface area contributed by atoms with E-state index >= 15 is 0 Å². The molecule has 0 aliphatic carbocycles. The first-order valence-electron chi connectivity index (χ1n) is 9.67. The summed E-state index contributed by atoms with van der Waals surface area (Å²) < 4.78 is 16.8. The van der Waals surface area contributed by atoms with Crippen LogP contribution in [0, 0.1) is 0 Å². The van der Waals surface area contributed by atoms with Crippen molar-refractivity contribution in [1.29, 1.82) is 0 Å². The van der Waals surface area contributed by atoms with Crippen molar-refractivity contribution in [1.82, 2.24) is 9.78 Å². The molecule has 1 heterocycles. The number of anilines is 1. The number of aromatic nitrogens is 2. The number of benzene rings is 2. The molecule has 0 aliphatic heterocycles. The molecule has 0 atom stereocenters. The summed E-state index contributed by atoms with van der Waals surface area (Å²) in [5, 5.41) is 7.53. The number of methoxy groups -OCH3 is 2. The molecule has 0 saturated heterocycles. The maximum Gasteiger partial charge on any atom is 0.359 e. The second-order valence-corrected chi connectivity index (χ2v) is 6.61. The molecule has 0 fully saturated rings. The molecule has 31 heavy (non-hydrogen) atoms. The fourth-order valence-electron chi connectivity index (χ4n) is 3.05. The van der Waals surface area contributed by atoms with Crippen molar-refractivity contribution in [2.45, 2.75) is 19.9 Å². The zero-order valence-corrected chi connectivity index (χ0v) is 17.5. The number of hydrogen-bond acceptors (Lipinski definition) is 7. The third-order valence-corrected chi connectivity index (χ3v) is 4.51. The number of amides is 1. The summed E-state index contributed by atoms with van der Waals surface area (Å²) in [6, 6.07) is 11.6. The molecule has 0 bridgehead atoms. The molecule has 3 aromatic rings. The zero-order valence-electron chi connectivity index (χ0n) is 17.5. The van der Waals surface area contributed by atoms with Gasteiger partial charge in [-0.3, -0.25) is 9.59 Å². The normalized spacial score (nSPS) is 10.5. The number of nitrogens with one attached hydrogen (secondary N) is 1. The van der Waals surface area contributed by atoms with Crippen LogP contribution in [0.3, 0.4) is 0 Å². The Morgan fingerprint density at radius 2 is 1.81 bits per heavy atom. The minimum atomic E-state index is -0.797. The van der Waals surface area contributed by atoms with Crippen LogP contribution < -0.4 is 20.3 Å². The molecule has 2 aromatic carbocycles. The lowest BCUT2D eigenvalue weighted by molar-refractivity contribution is -0.119. The molecular formula is C22H23N3O6. The average Bonchev–Trinajstić information content (AvgIpc) is 2.79. The van der Waals surface area contributed by atoms with Gasteiger partial charge in [0.25, 0.3) is 11.5 Å². The van der Waals surface area contributed by atoms with Gasteiger partial charge in [-0.25, -0.2) is 9.48 Å². The SMILES string of the molecule is CCCn1nc(C(=O)OCC(=O)Nc2cc(OC)ccc2OC)c2ccccc2c1=O. The van der Waals surface area contributed by atoms with E-state index in [4.69, 9.17) is 14.2 Å². The van der Waals surface area contributed by atoms with Gasteiger partial charge in [-0.05, 0) is 24.6 Å². The molecule has 0 spiro atoms. The predicted octanol–water partition coefficient (Wildman–Crippen LogP) is 2.62. The number of nitrogens with zero attached hydrogens (tertiary/aromatic N) is 2. The van der Waals surface area contributed by atoms with E-state index in [1.54, 1.807) is 42.5 Å². The van der Waals surface area contributed by atoms with E-state index in [-0.39, 0.29) is 11.3 Å². The van der Waals surface area contributed by atoms with Crippen molar-refractivity contribution in [2.75, 3.05) is 26.1 Å². The van der Waals surface area contributed by atoms with Crippen LogP contribution in [-0.4, -0.2) is 42.5 Å². The van der Waals surface area contributed by atoms with Gasteiger partial charge in [-0.2, -0.15) is 5.10 Å². The van der Waals surface area contributed by atoms with Crippen LogP contribution in [-0.2, 0) is 16.1 Å². The van der Waals surface area contributed by atoms with E-state index in [0.717, 1.165) is 0 Å².